The first-order valence-corrected chi connectivity index (χ1v) is 4.10. The van der Waals surface area contributed by atoms with E-state index in [1.54, 1.807) is 12.4 Å². The molecule has 0 unspecified atom stereocenters. The largest absolute Gasteiger partial charge is 0.345 e. The van der Waals surface area contributed by atoms with Gasteiger partial charge in [-0.25, -0.2) is 4.98 Å². The van der Waals surface area contributed by atoms with E-state index in [0.29, 0.717) is 5.82 Å². The van der Waals surface area contributed by atoms with Crippen molar-refractivity contribution >= 4 is 15.9 Å². The van der Waals surface area contributed by atoms with E-state index in [4.69, 9.17) is 2.74 Å². The van der Waals surface area contributed by atoms with Crippen LogP contribution in [0.25, 0.3) is 11.4 Å². The van der Waals surface area contributed by atoms with E-state index < -0.39 is 0 Å². The molecule has 0 saturated heterocycles. The lowest BCUT2D eigenvalue weighted by Gasteiger charge is -1.95. The number of rotatable bonds is 1. The SMILES string of the molecule is [2H]c1nc(-c2cncc(Br)c2)[nH]c1[2H]. The monoisotopic (exact) mass is 225 g/mol. The molecule has 0 aromatic carbocycles. The Morgan fingerprint density at radius 3 is 3.08 bits per heavy atom. The summed E-state index contributed by atoms with van der Waals surface area (Å²) >= 11 is 3.29. The Morgan fingerprint density at radius 1 is 1.50 bits per heavy atom. The van der Waals surface area contributed by atoms with Crippen molar-refractivity contribution in [3.8, 4) is 11.4 Å². The minimum Gasteiger partial charge on any atom is -0.345 e. The zero-order chi connectivity index (χ0) is 10.1. The summed E-state index contributed by atoms with van der Waals surface area (Å²) in [6, 6.07) is 1.82. The average molecular weight is 226 g/mol. The number of H-pyrrole nitrogens is 1. The molecule has 0 amide bonds. The lowest BCUT2D eigenvalue weighted by molar-refractivity contribution is 1.25. The number of halogens is 1. The molecule has 0 radical (unpaired) electrons. The second kappa shape index (κ2) is 3.06. The van der Waals surface area contributed by atoms with Crippen molar-refractivity contribution in [2.45, 2.75) is 0 Å². The van der Waals surface area contributed by atoms with Crippen LogP contribution in [-0.2, 0) is 0 Å². The molecule has 2 heterocycles. The molecule has 4 heteroatoms. The Morgan fingerprint density at radius 2 is 2.42 bits per heavy atom. The van der Waals surface area contributed by atoms with Crippen molar-refractivity contribution in [3.63, 3.8) is 0 Å². The van der Waals surface area contributed by atoms with E-state index in [1.165, 1.54) is 0 Å². The van der Waals surface area contributed by atoms with Gasteiger partial charge < -0.3 is 4.98 Å². The molecule has 2 aromatic heterocycles. The van der Waals surface area contributed by atoms with E-state index >= 15 is 0 Å². The van der Waals surface area contributed by atoms with Crippen LogP contribution in [0, 0.1) is 0 Å². The van der Waals surface area contributed by atoms with Gasteiger partial charge in [0.15, 0.2) is 0 Å². The van der Waals surface area contributed by atoms with Gasteiger partial charge in [-0.3, -0.25) is 4.98 Å². The van der Waals surface area contributed by atoms with E-state index in [-0.39, 0.29) is 12.3 Å². The third-order valence-electron chi connectivity index (χ3n) is 1.38. The quantitative estimate of drug-likeness (QED) is 0.809. The highest BCUT2D eigenvalue weighted by Gasteiger charge is 1.99. The molecule has 0 fully saturated rings. The van der Waals surface area contributed by atoms with Crippen LogP contribution in [0.5, 0.6) is 0 Å². The summed E-state index contributed by atoms with van der Waals surface area (Å²) in [6.45, 7) is 0. The van der Waals surface area contributed by atoms with E-state index in [1.807, 2.05) is 6.07 Å². The van der Waals surface area contributed by atoms with Crippen LogP contribution < -0.4 is 0 Å². The second-order valence-corrected chi connectivity index (χ2v) is 3.13. The number of aromatic amines is 1. The second-order valence-electron chi connectivity index (χ2n) is 2.21. The number of pyridine rings is 1. The molecule has 0 bridgehead atoms. The molecule has 0 saturated carbocycles. The molecule has 0 aliphatic heterocycles. The summed E-state index contributed by atoms with van der Waals surface area (Å²) in [7, 11) is 0. The fourth-order valence-corrected chi connectivity index (χ4v) is 1.24. The number of nitrogens with zero attached hydrogens (tertiary/aromatic N) is 2. The van der Waals surface area contributed by atoms with Gasteiger partial charge in [0, 0.05) is 34.8 Å². The van der Waals surface area contributed by atoms with E-state index in [2.05, 4.69) is 30.9 Å². The van der Waals surface area contributed by atoms with Gasteiger partial charge in [-0.1, -0.05) is 0 Å². The number of hydrogen-bond donors (Lipinski definition) is 1. The van der Waals surface area contributed by atoms with Gasteiger partial charge in [-0.15, -0.1) is 0 Å². The molecule has 0 aliphatic carbocycles. The van der Waals surface area contributed by atoms with Crippen molar-refractivity contribution < 1.29 is 2.74 Å². The summed E-state index contributed by atoms with van der Waals surface area (Å²) in [4.78, 5) is 10.5. The Hall–Kier alpha value is -1.16. The Kier molecular flexibility index (Phi) is 1.40. The third-order valence-corrected chi connectivity index (χ3v) is 1.82. The van der Waals surface area contributed by atoms with Crippen LogP contribution in [0.3, 0.4) is 0 Å². The van der Waals surface area contributed by atoms with Gasteiger partial charge in [0.1, 0.15) is 5.82 Å². The minimum atomic E-state index is -0.0556. The molecular formula is C8H6BrN3. The molecule has 2 aromatic rings. The van der Waals surface area contributed by atoms with Gasteiger partial charge in [0.25, 0.3) is 0 Å². The third kappa shape index (κ3) is 1.38. The molecule has 60 valence electrons. The smallest absolute Gasteiger partial charge is 0.138 e. The first-order chi connectivity index (χ1) is 6.66. The van der Waals surface area contributed by atoms with Crippen LogP contribution in [0.15, 0.2) is 35.3 Å². The maximum atomic E-state index is 7.31. The molecule has 1 N–H and O–H groups in total. The molecule has 12 heavy (non-hydrogen) atoms. The predicted molar refractivity (Wildman–Crippen MR) is 49.5 cm³/mol. The molecule has 0 spiro atoms. The standard InChI is InChI=1S/C8H6BrN3/c9-7-3-6(4-10-5-7)8-11-1-2-12-8/h1-5H,(H,11,12)/i1D,2D. The lowest BCUT2D eigenvalue weighted by Crippen LogP contribution is -1.81. The summed E-state index contributed by atoms with van der Waals surface area (Å²) < 4.78 is 15.4. The Balaban J connectivity index is 2.49. The van der Waals surface area contributed by atoms with Gasteiger partial charge in [0.05, 0.1) is 2.74 Å². The van der Waals surface area contributed by atoms with Crippen molar-refractivity contribution in [3.05, 3.63) is 35.3 Å². The Labute approximate surface area is 80.8 Å². The van der Waals surface area contributed by atoms with Crippen molar-refractivity contribution in [2.24, 2.45) is 0 Å². The zero-order valence-corrected chi connectivity index (χ0v) is 7.59. The van der Waals surface area contributed by atoms with Crippen LogP contribution in [0.1, 0.15) is 2.74 Å². The van der Waals surface area contributed by atoms with Gasteiger partial charge in [0.2, 0.25) is 0 Å². The number of hydrogen-bond acceptors (Lipinski definition) is 2. The van der Waals surface area contributed by atoms with E-state index in [0.717, 1.165) is 10.0 Å². The summed E-state index contributed by atoms with van der Waals surface area (Å²) in [5, 5.41) is 0. The maximum absolute atomic E-state index is 7.31. The number of imidazole rings is 1. The molecule has 0 aliphatic rings. The van der Waals surface area contributed by atoms with Crippen LogP contribution in [0.4, 0.5) is 0 Å². The minimum absolute atomic E-state index is 0.0139. The highest BCUT2D eigenvalue weighted by Crippen LogP contribution is 2.17. The van der Waals surface area contributed by atoms with Crippen LogP contribution in [0.2, 0.25) is 0 Å². The van der Waals surface area contributed by atoms with Crippen molar-refractivity contribution in [1.82, 2.24) is 15.0 Å². The predicted octanol–water partition coefficient (Wildman–Crippen LogP) is 2.23. The molecular weight excluding hydrogens is 218 g/mol. The first kappa shape index (κ1) is 5.48. The summed E-state index contributed by atoms with van der Waals surface area (Å²) in [5.74, 6) is 0.494. The van der Waals surface area contributed by atoms with Gasteiger partial charge >= 0.3 is 0 Å². The molecule has 2 rings (SSSR count). The number of aromatic nitrogens is 3. The first-order valence-electron chi connectivity index (χ1n) is 4.31. The fourth-order valence-electron chi connectivity index (χ4n) is 0.877. The Bertz CT molecular complexity index is 450. The zero-order valence-electron chi connectivity index (χ0n) is 8.00. The lowest BCUT2D eigenvalue weighted by atomic mass is 10.3. The highest BCUT2D eigenvalue weighted by molar-refractivity contribution is 9.10. The van der Waals surface area contributed by atoms with Gasteiger partial charge in [-0.2, -0.15) is 0 Å². The summed E-state index contributed by atoms with van der Waals surface area (Å²) in [6.07, 6.45) is 3.25. The molecule has 0 atom stereocenters. The van der Waals surface area contributed by atoms with Crippen molar-refractivity contribution in [2.75, 3.05) is 0 Å². The van der Waals surface area contributed by atoms with Gasteiger partial charge in [-0.05, 0) is 22.0 Å². The van der Waals surface area contributed by atoms with Crippen molar-refractivity contribution in [1.29, 1.82) is 0 Å². The average Bonchev–Trinajstić information content (AvgIpc) is 2.47. The van der Waals surface area contributed by atoms with E-state index in [9.17, 15) is 0 Å². The number of nitrogens with one attached hydrogen (secondary N) is 1. The highest BCUT2D eigenvalue weighted by atomic mass is 79.9. The maximum Gasteiger partial charge on any atom is 0.138 e. The van der Waals surface area contributed by atoms with Crippen LogP contribution >= 0.6 is 15.9 Å². The van der Waals surface area contributed by atoms with Crippen LogP contribution in [-0.4, -0.2) is 15.0 Å². The fraction of sp³-hybridized carbons (Fsp3) is 0. The molecule has 3 nitrogen and oxygen atoms in total. The normalized spacial score (nSPS) is 12.4. The topological polar surface area (TPSA) is 41.6 Å². The summed E-state index contributed by atoms with van der Waals surface area (Å²) in [5.41, 5.74) is 0.756.